The minimum Gasteiger partial charge on any atom is -0.448 e. The highest BCUT2D eigenvalue weighted by Gasteiger charge is 2.44. The fourth-order valence-corrected chi connectivity index (χ4v) is 6.74. The van der Waals surface area contributed by atoms with Gasteiger partial charge < -0.3 is 14.4 Å². The Morgan fingerprint density at radius 1 is 0.723 bits per heavy atom. The largest absolute Gasteiger partial charge is 0.448 e. The van der Waals surface area contributed by atoms with Crippen molar-refractivity contribution < 1.29 is 19.1 Å². The van der Waals surface area contributed by atoms with Crippen LogP contribution in [0.5, 0.6) is 0 Å². The Hall–Kier alpha value is -4.87. The molecule has 0 radical (unpaired) electrons. The first-order valence-electron chi connectivity index (χ1n) is 15.8. The van der Waals surface area contributed by atoms with Gasteiger partial charge in [-0.15, -0.1) is 0 Å². The Labute approximate surface area is 281 Å². The third kappa shape index (κ3) is 6.16. The lowest BCUT2D eigenvalue weighted by atomic mass is 9.79. The van der Waals surface area contributed by atoms with Crippen LogP contribution in [0.4, 0.5) is 4.79 Å². The molecule has 1 unspecified atom stereocenters. The van der Waals surface area contributed by atoms with Crippen molar-refractivity contribution in [1.29, 1.82) is 0 Å². The molecule has 1 amide bonds. The number of halogens is 1. The van der Waals surface area contributed by atoms with E-state index in [1.165, 1.54) is 4.90 Å². The molecule has 5 nitrogen and oxygen atoms in total. The summed E-state index contributed by atoms with van der Waals surface area (Å²) in [5.74, 6) is -0.554. The molecule has 47 heavy (non-hydrogen) atoms. The molecule has 1 aliphatic rings. The predicted octanol–water partition coefficient (Wildman–Crippen LogP) is 9.53. The summed E-state index contributed by atoms with van der Waals surface area (Å²) in [7, 11) is 1.66. The van der Waals surface area contributed by atoms with Gasteiger partial charge in [-0.2, -0.15) is 0 Å². The third-order valence-corrected chi connectivity index (χ3v) is 9.58. The van der Waals surface area contributed by atoms with E-state index in [-0.39, 0.29) is 18.9 Å². The van der Waals surface area contributed by atoms with Crippen molar-refractivity contribution in [2.75, 3.05) is 13.7 Å². The van der Waals surface area contributed by atoms with Crippen LogP contribution in [0.15, 0.2) is 127 Å². The van der Waals surface area contributed by atoms with Crippen LogP contribution in [-0.4, -0.2) is 36.2 Å². The lowest BCUT2D eigenvalue weighted by Gasteiger charge is -2.38. The normalized spacial score (nSPS) is 13.6. The fourth-order valence-electron chi connectivity index (χ4n) is 6.47. The van der Waals surface area contributed by atoms with Crippen molar-refractivity contribution in [2.45, 2.75) is 44.2 Å². The molecule has 5 aromatic carbocycles. The summed E-state index contributed by atoms with van der Waals surface area (Å²) in [6, 6.07) is 41.4. The van der Waals surface area contributed by atoms with Crippen molar-refractivity contribution in [3.63, 3.8) is 0 Å². The van der Waals surface area contributed by atoms with E-state index >= 15 is 0 Å². The summed E-state index contributed by atoms with van der Waals surface area (Å²) < 4.78 is 12.5. The molecule has 0 aromatic heterocycles. The summed E-state index contributed by atoms with van der Waals surface area (Å²) in [5.41, 5.74) is 5.58. The van der Waals surface area contributed by atoms with Gasteiger partial charge in [0.15, 0.2) is 5.60 Å². The first-order chi connectivity index (χ1) is 22.6. The van der Waals surface area contributed by atoms with Gasteiger partial charge in [0.25, 0.3) is 0 Å². The van der Waals surface area contributed by atoms with Gasteiger partial charge in [-0.25, -0.2) is 4.79 Å². The molecule has 0 spiro atoms. The summed E-state index contributed by atoms with van der Waals surface area (Å²) in [5, 5.41) is 0.472. The number of carbonyl (C=O) groups excluding carboxylic acids is 2. The molecule has 6 rings (SSSR count). The van der Waals surface area contributed by atoms with Crippen LogP contribution in [-0.2, 0) is 19.9 Å². The number of hydrogen-bond acceptors (Lipinski definition) is 4. The highest BCUT2D eigenvalue weighted by molar-refractivity contribution is 6.31. The first-order valence-corrected chi connectivity index (χ1v) is 16.2. The number of rotatable bonds is 9. The Bertz CT molecular complexity index is 1860. The van der Waals surface area contributed by atoms with Gasteiger partial charge >= 0.3 is 12.1 Å². The van der Waals surface area contributed by atoms with Crippen LogP contribution in [0.1, 0.15) is 59.6 Å². The van der Waals surface area contributed by atoms with Gasteiger partial charge in [0.2, 0.25) is 0 Å². The number of hydrogen-bond donors (Lipinski definition) is 0. The fraction of sp³-hybridized carbons (Fsp3) is 0.220. The molecule has 1 atom stereocenters. The molecule has 0 N–H and O–H groups in total. The molecule has 0 heterocycles. The first kappa shape index (κ1) is 32.1. The lowest BCUT2D eigenvalue weighted by molar-refractivity contribution is -0.156. The molecule has 0 saturated carbocycles. The highest BCUT2D eigenvalue weighted by atomic mass is 35.5. The maximum absolute atomic E-state index is 14.1. The monoisotopic (exact) mass is 643 g/mol. The number of nitrogens with zero attached hydrogens (tertiary/aromatic N) is 1. The lowest BCUT2D eigenvalue weighted by Crippen LogP contribution is -2.48. The van der Waals surface area contributed by atoms with Crippen molar-refractivity contribution >= 4 is 23.7 Å². The maximum Gasteiger partial charge on any atom is 0.409 e. The number of benzene rings is 5. The number of aryl methyl sites for hydroxylation is 1. The summed E-state index contributed by atoms with van der Waals surface area (Å²) in [6.07, 6.45) is -0.595. The number of ether oxygens (including phenoxy) is 2. The summed E-state index contributed by atoms with van der Waals surface area (Å²) >= 11 is 6.84. The molecular formula is C41H38ClNO4. The average Bonchev–Trinajstić information content (AvgIpc) is 3.40. The van der Waals surface area contributed by atoms with Gasteiger partial charge in [0.05, 0.1) is 12.0 Å². The maximum atomic E-state index is 14.1. The smallest absolute Gasteiger partial charge is 0.409 e. The molecule has 1 aliphatic carbocycles. The van der Waals surface area contributed by atoms with E-state index in [0.717, 1.165) is 38.9 Å². The van der Waals surface area contributed by atoms with Crippen LogP contribution in [0, 0.1) is 6.92 Å². The second-order valence-corrected chi connectivity index (χ2v) is 13.1. The van der Waals surface area contributed by atoms with Gasteiger partial charge in [-0.05, 0) is 49.1 Å². The minimum absolute atomic E-state index is 0.0653. The SMILES string of the molecule is Cc1ccc(C(OC(=O)CC(C)(C)N(C)C(=O)OCC2c3ccccc3-c3ccccc32)(c2ccccc2)c2ccccc2Cl)cc1. The van der Waals surface area contributed by atoms with Crippen molar-refractivity contribution in [2.24, 2.45) is 0 Å². The second-order valence-electron chi connectivity index (χ2n) is 12.7. The summed E-state index contributed by atoms with van der Waals surface area (Å²) in [4.78, 5) is 29.1. The number of fused-ring (bicyclic) bond motifs is 3. The standard InChI is InChI=1S/C41H38ClNO4/c1-28-22-24-30(25-23-28)41(29-14-6-5-7-15-29,36-20-12-13-21-37(36)42)47-38(44)26-40(2,3)43(4)39(45)46-27-35-33-18-10-8-16-31(33)32-17-9-11-19-34(32)35/h5-25,35H,26-27H2,1-4H3. The molecule has 0 saturated heterocycles. The molecule has 0 bridgehead atoms. The van der Waals surface area contributed by atoms with E-state index in [4.69, 9.17) is 21.1 Å². The van der Waals surface area contributed by atoms with E-state index in [0.29, 0.717) is 10.6 Å². The average molecular weight is 644 g/mol. The quantitative estimate of drug-likeness (QED) is 0.119. The van der Waals surface area contributed by atoms with Crippen LogP contribution in [0.25, 0.3) is 11.1 Å². The molecule has 0 aliphatic heterocycles. The summed E-state index contributed by atoms with van der Waals surface area (Å²) in [6.45, 7) is 5.87. The number of amides is 1. The number of carbonyl (C=O) groups is 2. The molecule has 0 fully saturated rings. The third-order valence-electron chi connectivity index (χ3n) is 9.25. The van der Waals surface area contributed by atoms with Gasteiger partial charge in [-0.3, -0.25) is 4.79 Å². The Balaban J connectivity index is 1.25. The minimum atomic E-state index is -1.33. The van der Waals surface area contributed by atoms with Crippen LogP contribution in [0.3, 0.4) is 0 Å². The van der Waals surface area contributed by atoms with Crippen LogP contribution >= 0.6 is 11.6 Å². The van der Waals surface area contributed by atoms with E-state index in [9.17, 15) is 9.59 Å². The molecular weight excluding hydrogens is 606 g/mol. The van der Waals surface area contributed by atoms with Crippen molar-refractivity contribution in [1.82, 2.24) is 4.90 Å². The zero-order valence-electron chi connectivity index (χ0n) is 27.1. The Morgan fingerprint density at radius 2 is 1.26 bits per heavy atom. The Morgan fingerprint density at radius 3 is 1.87 bits per heavy atom. The van der Waals surface area contributed by atoms with E-state index in [1.54, 1.807) is 13.1 Å². The topological polar surface area (TPSA) is 55.8 Å². The van der Waals surface area contributed by atoms with Gasteiger partial charge in [0, 0.05) is 34.7 Å². The van der Waals surface area contributed by atoms with Gasteiger partial charge in [-0.1, -0.05) is 138 Å². The molecule has 238 valence electrons. The second kappa shape index (κ2) is 13.1. The predicted molar refractivity (Wildman–Crippen MR) is 187 cm³/mol. The van der Waals surface area contributed by atoms with E-state index in [1.807, 2.05) is 118 Å². The zero-order chi connectivity index (χ0) is 33.2. The van der Waals surface area contributed by atoms with Crippen molar-refractivity contribution in [3.05, 3.63) is 166 Å². The van der Waals surface area contributed by atoms with Crippen molar-refractivity contribution in [3.8, 4) is 11.1 Å². The highest BCUT2D eigenvalue weighted by Crippen LogP contribution is 2.46. The molecule has 5 aromatic rings. The van der Waals surface area contributed by atoms with Crippen LogP contribution < -0.4 is 0 Å². The van der Waals surface area contributed by atoms with Crippen LogP contribution in [0.2, 0.25) is 5.02 Å². The van der Waals surface area contributed by atoms with E-state index in [2.05, 4.69) is 24.3 Å². The van der Waals surface area contributed by atoms with E-state index < -0.39 is 23.2 Å². The Kier molecular flexibility index (Phi) is 8.94. The van der Waals surface area contributed by atoms with Gasteiger partial charge in [0.1, 0.15) is 6.61 Å². The zero-order valence-corrected chi connectivity index (χ0v) is 27.8. The number of esters is 1. The molecule has 6 heteroatoms.